The molecule has 2 heterocycles. The number of methoxy groups -OCH3 is 1. The summed E-state index contributed by atoms with van der Waals surface area (Å²) in [6.07, 6.45) is 1.01. The maximum atomic E-state index is 14.2. The number of epoxide rings is 1. The zero-order valence-corrected chi connectivity index (χ0v) is 17.8. The summed E-state index contributed by atoms with van der Waals surface area (Å²) in [6.45, 7) is 7.81. The molecule has 1 N–H and O–H groups in total. The lowest BCUT2D eigenvalue weighted by atomic mass is 9.54. The molecule has 162 valence electrons. The topological polar surface area (TPSA) is 94.6 Å². The van der Waals surface area contributed by atoms with Crippen LogP contribution in [0.2, 0.25) is 0 Å². The number of aliphatic hydroxyl groups excluding tert-OH is 1. The number of ketones is 2. The molecule has 2 aliphatic heterocycles. The highest BCUT2D eigenvalue weighted by atomic mass is 17.2. The second-order valence-corrected chi connectivity index (χ2v) is 10.6. The Kier molecular flexibility index (Phi) is 3.67. The summed E-state index contributed by atoms with van der Waals surface area (Å²) in [5.41, 5.74) is -0.193. The molecule has 6 rings (SSSR count). The van der Waals surface area contributed by atoms with Crippen LogP contribution >= 0.6 is 0 Å². The first-order valence-corrected chi connectivity index (χ1v) is 10.8. The van der Waals surface area contributed by atoms with Crippen molar-refractivity contribution in [2.24, 2.45) is 35.0 Å². The predicted octanol–water partition coefficient (Wildman–Crippen LogP) is 1.39. The fraction of sp³-hybridized carbons (Fsp3) is 0.739. The molecule has 4 bridgehead atoms. The summed E-state index contributed by atoms with van der Waals surface area (Å²) in [7, 11) is 1.63. The normalized spacial score (nSPS) is 52.5. The zero-order chi connectivity index (χ0) is 21.3. The van der Waals surface area contributed by atoms with Crippen LogP contribution in [0.4, 0.5) is 0 Å². The van der Waals surface area contributed by atoms with Crippen molar-refractivity contribution in [1.82, 2.24) is 0 Å². The number of hydrogen-bond donors (Lipinski definition) is 1. The van der Waals surface area contributed by atoms with Gasteiger partial charge < -0.3 is 14.6 Å². The second-order valence-electron chi connectivity index (χ2n) is 10.6. The summed E-state index contributed by atoms with van der Waals surface area (Å²) in [4.78, 5) is 39.5. The van der Waals surface area contributed by atoms with E-state index in [1.54, 1.807) is 7.11 Å². The lowest BCUT2D eigenvalue weighted by molar-refractivity contribution is -0.410. The molecule has 11 atom stereocenters. The van der Waals surface area contributed by atoms with Crippen molar-refractivity contribution >= 4 is 11.6 Å². The Bertz CT molecular complexity index is 915. The minimum Gasteiger partial charge on any atom is -0.392 e. The van der Waals surface area contributed by atoms with E-state index in [4.69, 9.17) is 19.2 Å². The van der Waals surface area contributed by atoms with Crippen molar-refractivity contribution in [2.45, 2.75) is 63.8 Å². The van der Waals surface area contributed by atoms with Crippen molar-refractivity contribution in [1.29, 1.82) is 0 Å². The molecule has 6 aliphatic rings. The SMILES string of the molecule is COC(C)(C)C1C=C2C(=O)[C@@H]3O[C@@H]3[C@H]3[C@@H](O)[C@H]4[C@@H]2C(=O)C12[C@H]4[C@H]3OO[C@@H]2C=C(C)C. The zero-order valence-electron chi connectivity index (χ0n) is 17.8. The quantitative estimate of drug-likeness (QED) is 0.422. The maximum Gasteiger partial charge on any atom is 0.190 e. The summed E-state index contributed by atoms with van der Waals surface area (Å²) >= 11 is 0. The minimum absolute atomic E-state index is 0.0223. The van der Waals surface area contributed by atoms with Gasteiger partial charge in [-0.2, -0.15) is 0 Å². The van der Waals surface area contributed by atoms with Gasteiger partial charge >= 0.3 is 0 Å². The van der Waals surface area contributed by atoms with Gasteiger partial charge in [-0.05, 0) is 27.7 Å². The Hall–Kier alpha value is -1.38. The molecule has 2 saturated heterocycles. The first-order chi connectivity index (χ1) is 14.2. The minimum atomic E-state index is -0.962. The molecule has 0 aromatic heterocycles. The molecular formula is C23H28O7. The lowest BCUT2D eigenvalue weighted by Gasteiger charge is -2.54. The van der Waals surface area contributed by atoms with Gasteiger partial charge in [-0.25, -0.2) is 9.78 Å². The number of Topliss-reactive ketones (excluding diaryl/α,β-unsaturated/α-hetero) is 2. The molecule has 0 radical (unpaired) electrons. The summed E-state index contributed by atoms with van der Waals surface area (Å²) in [6, 6.07) is 0. The summed E-state index contributed by atoms with van der Waals surface area (Å²) in [5, 5.41) is 11.4. The Morgan fingerprint density at radius 2 is 1.93 bits per heavy atom. The lowest BCUT2D eigenvalue weighted by Crippen LogP contribution is -2.63. The van der Waals surface area contributed by atoms with E-state index in [0.717, 1.165) is 5.57 Å². The van der Waals surface area contributed by atoms with E-state index >= 15 is 0 Å². The first kappa shape index (κ1) is 19.3. The van der Waals surface area contributed by atoms with Crippen molar-refractivity contribution in [3.05, 3.63) is 23.3 Å². The molecular weight excluding hydrogens is 388 g/mol. The highest BCUT2D eigenvalue weighted by Gasteiger charge is 2.82. The highest BCUT2D eigenvalue weighted by Crippen LogP contribution is 2.72. The van der Waals surface area contributed by atoms with Crippen LogP contribution in [-0.2, 0) is 28.8 Å². The Morgan fingerprint density at radius 3 is 2.60 bits per heavy atom. The average Bonchev–Trinajstić information content (AvgIpc) is 3.37. The standard InChI is InChI=1S/C23H28O7/c1-8(2)6-11-23-10(22(3,4)27-5)7-9-12(21(23)26)13-15(23)18(30-29-11)14(17(13)25)19-20(28-19)16(9)24/h6-7,10-15,17-20,25H,1-5H3/t10?,11-,12-,13+,14+,15-,17+,18+,19-,20+,23?/m1/s1. The van der Waals surface area contributed by atoms with Crippen molar-refractivity contribution in [3.63, 3.8) is 0 Å². The van der Waals surface area contributed by atoms with Gasteiger partial charge in [0.05, 0.1) is 23.0 Å². The number of fused-ring (bicyclic) bond motifs is 4. The molecule has 0 aromatic rings. The molecule has 5 fully saturated rings. The number of ether oxygens (including phenoxy) is 2. The van der Waals surface area contributed by atoms with Gasteiger partial charge in [-0.3, -0.25) is 9.59 Å². The molecule has 4 aliphatic carbocycles. The molecule has 0 aromatic carbocycles. The first-order valence-electron chi connectivity index (χ1n) is 10.8. The second kappa shape index (κ2) is 5.70. The van der Waals surface area contributed by atoms with E-state index in [1.807, 2.05) is 39.8 Å². The molecule has 1 spiro atoms. The van der Waals surface area contributed by atoms with Crippen LogP contribution in [-0.4, -0.2) is 59.9 Å². The predicted molar refractivity (Wildman–Crippen MR) is 103 cm³/mol. The van der Waals surface area contributed by atoms with Crippen molar-refractivity contribution in [2.75, 3.05) is 7.11 Å². The van der Waals surface area contributed by atoms with Crippen LogP contribution < -0.4 is 0 Å². The van der Waals surface area contributed by atoms with E-state index in [1.165, 1.54) is 0 Å². The third-order valence-electron chi connectivity index (χ3n) is 8.73. The number of carbonyl (C=O) groups is 2. The fourth-order valence-electron chi connectivity index (χ4n) is 7.47. The van der Waals surface area contributed by atoms with E-state index in [-0.39, 0.29) is 35.4 Å². The number of aliphatic hydroxyl groups is 1. The summed E-state index contributed by atoms with van der Waals surface area (Å²) < 4.78 is 11.6. The molecule has 3 saturated carbocycles. The van der Waals surface area contributed by atoms with Gasteiger partial charge in [0.15, 0.2) is 11.6 Å². The Labute approximate surface area is 175 Å². The van der Waals surface area contributed by atoms with Crippen molar-refractivity contribution < 1.29 is 33.9 Å². The molecule has 30 heavy (non-hydrogen) atoms. The molecule has 7 nitrogen and oxygen atoms in total. The van der Waals surface area contributed by atoms with Crippen LogP contribution in [0, 0.1) is 35.0 Å². The number of allylic oxidation sites excluding steroid dienone is 1. The molecule has 0 amide bonds. The third kappa shape index (κ3) is 1.95. The van der Waals surface area contributed by atoms with E-state index in [2.05, 4.69) is 0 Å². The smallest absolute Gasteiger partial charge is 0.190 e. The maximum absolute atomic E-state index is 14.2. The number of rotatable bonds is 3. The van der Waals surface area contributed by atoms with E-state index < -0.39 is 47.3 Å². The Balaban J connectivity index is 1.67. The number of carbonyl (C=O) groups excluding carboxylic acids is 2. The van der Waals surface area contributed by atoms with Gasteiger partial charge in [0, 0.05) is 36.4 Å². The molecule has 2 unspecified atom stereocenters. The van der Waals surface area contributed by atoms with Gasteiger partial charge in [-0.1, -0.05) is 17.7 Å². The van der Waals surface area contributed by atoms with Gasteiger partial charge in [0.1, 0.15) is 24.4 Å². The van der Waals surface area contributed by atoms with Gasteiger partial charge in [0.25, 0.3) is 0 Å². The largest absolute Gasteiger partial charge is 0.392 e. The van der Waals surface area contributed by atoms with Gasteiger partial charge in [0.2, 0.25) is 0 Å². The summed E-state index contributed by atoms with van der Waals surface area (Å²) in [5.74, 6) is -2.20. The number of hydrogen-bond acceptors (Lipinski definition) is 7. The van der Waals surface area contributed by atoms with E-state index in [0.29, 0.717) is 5.57 Å². The van der Waals surface area contributed by atoms with Crippen LogP contribution in [0.3, 0.4) is 0 Å². The monoisotopic (exact) mass is 416 g/mol. The molecule has 7 heteroatoms. The highest BCUT2D eigenvalue weighted by molar-refractivity contribution is 6.10. The van der Waals surface area contributed by atoms with Crippen LogP contribution in [0.1, 0.15) is 27.7 Å². The average molecular weight is 416 g/mol. The van der Waals surface area contributed by atoms with Crippen LogP contribution in [0.5, 0.6) is 0 Å². The third-order valence-corrected chi connectivity index (χ3v) is 8.73. The van der Waals surface area contributed by atoms with Gasteiger partial charge in [-0.15, -0.1) is 0 Å². The van der Waals surface area contributed by atoms with E-state index in [9.17, 15) is 14.7 Å². The fourth-order valence-corrected chi connectivity index (χ4v) is 7.47. The van der Waals surface area contributed by atoms with Crippen LogP contribution in [0.15, 0.2) is 23.3 Å². The Morgan fingerprint density at radius 1 is 1.20 bits per heavy atom. The van der Waals surface area contributed by atoms with Crippen molar-refractivity contribution in [3.8, 4) is 0 Å². The van der Waals surface area contributed by atoms with Crippen LogP contribution in [0.25, 0.3) is 0 Å².